The molecular formula is C7H3Br2ClO4S. The Labute approximate surface area is 110 Å². The Balaban J connectivity index is 3.02. The first-order valence-electron chi connectivity index (χ1n) is 3.45. The monoisotopic (exact) mass is 376 g/mol. The third-order valence-electron chi connectivity index (χ3n) is 1.29. The lowest BCUT2D eigenvalue weighted by Gasteiger charge is -2.02. The summed E-state index contributed by atoms with van der Waals surface area (Å²) in [5.74, 6) is -0.980. The summed E-state index contributed by atoms with van der Waals surface area (Å²) >= 11 is 12.7. The van der Waals surface area contributed by atoms with Crippen molar-refractivity contribution in [1.82, 2.24) is 0 Å². The molecule has 1 rings (SSSR count). The largest absolute Gasteiger partial charge is 0.479 e. The van der Waals surface area contributed by atoms with E-state index < -0.39 is 17.8 Å². The topological polar surface area (TPSA) is 63.6 Å². The SMILES string of the molecule is O=C(O)COc1c(C(=O)Cl)sc(Br)c1Br. The molecule has 0 fully saturated rings. The van der Waals surface area contributed by atoms with Crippen LogP contribution in [-0.4, -0.2) is 22.9 Å². The average Bonchev–Trinajstić information content (AvgIpc) is 2.41. The van der Waals surface area contributed by atoms with E-state index in [0.29, 0.717) is 8.26 Å². The summed E-state index contributed by atoms with van der Waals surface area (Å²) in [6.07, 6.45) is 0. The second kappa shape index (κ2) is 5.29. The second-order valence-corrected chi connectivity index (χ2v) is 5.78. The van der Waals surface area contributed by atoms with Crippen LogP contribution in [0, 0.1) is 0 Å². The maximum absolute atomic E-state index is 11.0. The lowest BCUT2D eigenvalue weighted by molar-refractivity contribution is -0.139. The molecule has 1 aromatic rings. The summed E-state index contributed by atoms with van der Waals surface area (Å²) in [6.45, 7) is -0.529. The highest BCUT2D eigenvalue weighted by molar-refractivity contribution is 9.13. The van der Waals surface area contributed by atoms with E-state index in [-0.39, 0.29) is 10.6 Å². The fourth-order valence-corrected chi connectivity index (χ4v) is 3.01. The number of hydrogen-bond acceptors (Lipinski definition) is 4. The first-order chi connectivity index (χ1) is 6.93. The van der Waals surface area contributed by atoms with E-state index in [0.717, 1.165) is 11.3 Å². The van der Waals surface area contributed by atoms with Gasteiger partial charge in [-0.15, -0.1) is 11.3 Å². The number of carboxylic acid groups (broad SMARTS) is 1. The van der Waals surface area contributed by atoms with Gasteiger partial charge in [0.05, 0.1) is 8.26 Å². The lowest BCUT2D eigenvalue weighted by atomic mass is 10.4. The van der Waals surface area contributed by atoms with Crippen molar-refractivity contribution in [3.8, 4) is 5.75 Å². The van der Waals surface area contributed by atoms with E-state index in [1.54, 1.807) is 0 Å². The highest BCUT2D eigenvalue weighted by atomic mass is 79.9. The molecule has 0 atom stereocenters. The smallest absolute Gasteiger partial charge is 0.341 e. The molecule has 1 aromatic heterocycles. The van der Waals surface area contributed by atoms with Gasteiger partial charge in [-0.2, -0.15) is 0 Å². The number of carbonyl (C=O) groups excluding carboxylic acids is 1. The van der Waals surface area contributed by atoms with Crippen molar-refractivity contribution in [3.63, 3.8) is 0 Å². The molecule has 8 heteroatoms. The fourth-order valence-electron chi connectivity index (χ4n) is 0.762. The van der Waals surface area contributed by atoms with Crippen molar-refractivity contribution >= 4 is 66.0 Å². The van der Waals surface area contributed by atoms with Gasteiger partial charge in [0.25, 0.3) is 5.24 Å². The molecule has 0 aromatic carbocycles. The van der Waals surface area contributed by atoms with Crippen LogP contribution in [0.1, 0.15) is 9.67 Å². The third-order valence-corrected chi connectivity index (χ3v) is 4.98. The molecule has 15 heavy (non-hydrogen) atoms. The summed E-state index contributed by atoms with van der Waals surface area (Å²) in [6, 6.07) is 0. The van der Waals surface area contributed by atoms with Crippen LogP contribution in [0.3, 0.4) is 0 Å². The maximum Gasteiger partial charge on any atom is 0.341 e. The molecule has 1 N–H and O–H groups in total. The molecule has 0 saturated carbocycles. The van der Waals surface area contributed by atoms with E-state index >= 15 is 0 Å². The van der Waals surface area contributed by atoms with Crippen molar-refractivity contribution in [2.75, 3.05) is 6.61 Å². The second-order valence-electron chi connectivity index (χ2n) is 2.30. The van der Waals surface area contributed by atoms with Gasteiger partial charge in [-0.25, -0.2) is 4.79 Å². The molecule has 0 bridgehead atoms. The Morgan fingerprint density at radius 1 is 1.47 bits per heavy atom. The molecule has 0 aliphatic carbocycles. The number of carboxylic acids is 1. The lowest BCUT2D eigenvalue weighted by Crippen LogP contribution is -2.10. The quantitative estimate of drug-likeness (QED) is 0.818. The van der Waals surface area contributed by atoms with Crippen LogP contribution in [0.25, 0.3) is 0 Å². The molecule has 0 amide bonds. The van der Waals surface area contributed by atoms with Gasteiger partial charge in [-0.1, -0.05) is 0 Å². The van der Waals surface area contributed by atoms with Crippen LogP contribution in [0.4, 0.5) is 0 Å². The normalized spacial score (nSPS) is 10.1. The van der Waals surface area contributed by atoms with E-state index in [1.807, 2.05) is 0 Å². The number of hydrogen-bond donors (Lipinski definition) is 1. The number of halogens is 3. The Hall–Kier alpha value is -0.110. The van der Waals surface area contributed by atoms with Gasteiger partial charge in [0.1, 0.15) is 4.88 Å². The summed E-state index contributed by atoms with van der Waals surface area (Å²) in [5, 5.41) is 7.75. The molecular weight excluding hydrogens is 375 g/mol. The van der Waals surface area contributed by atoms with Crippen LogP contribution in [-0.2, 0) is 4.79 Å². The number of aliphatic carboxylic acids is 1. The molecule has 0 spiro atoms. The van der Waals surface area contributed by atoms with Gasteiger partial charge in [-0.05, 0) is 43.5 Å². The molecule has 0 aliphatic heterocycles. The predicted molar refractivity (Wildman–Crippen MR) is 63.0 cm³/mol. The number of ether oxygens (including phenoxy) is 1. The highest BCUT2D eigenvalue weighted by Crippen LogP contribution is 2.43. The van der Waals surface area contributed by atoms with Gasteiger partial charge < -0.3 is 9.84 Å². The fraction of sp³-hybridized carbons (Fsp3) is 0.143. The Kier molecular flexibility index (Phi) is 4.57. The van der Waals surface area contributed by atoms with Gasteiger partial charge in [-0.3, -0.25) is 4.79 Å². The van der Waals surface area contributed by atoms with Gasteiger partial charge in [0.2, 0.25) is 0 Å². The first kappa shape index (κ1) is 13.0. The van der Waals surface area contributed by atoms with E-state index in [1.165, 1.54) is 0 Å². The maximum atomic E-state index is 11.0. The summed E-state index contributed by atoms with van der Waals surface area (Å²) in [5.41, 5.74) is 0. The zero-order chi connectivity index (χ0) is 11.6. The van der Waals surface area contributed by atoms with E-state index in [9.17, 15) is 9.59 Å². The minimum atomic E-state index is -1.13. The molecule has 1 heterocycles. The van der Waals surface area contributed by atoms with E-state index in [2.05, 4.69) is 31.9 Å². The van der Waals surface area contributed by atoms with Crippen LogP contribution >= 0.6 is 54.8 Å². The molecule has 0 unspecified atom stereocenters. The third kappa shape index (κ3) is 3.17. The van der Waals surface area contributed by atoms with Crippen LogP contribution in [0.2, 0.25) is 0 Å². The minimum absolute atomic E-state index is 0.147. The Bertz CT molecular complexity index is 417. The van der Waals surface area contributed by atoms with Crippen molar-refractivity contribution in [2.24, 2.45) is 0 Å². The summed E-state index contributed by atoms with van der Waals surface area (Å²) < 4.78 is 6.04. The molecule has 0 aliphatic rings. The molecule has 0 saturated heterocycles. The van der Waals surface area contributed by atoms with Crippen LogP contribution in [0.5, 0.6) is 5.75 Å². The number of thiophene rings is 1. The van der Waals surface area contributed by atoms with Crippen molar-refractivity contribution in [1.29, 1.82) is 0 Å². The van der Waals surface area contributed by atoms with Crippen LogP contribution in [0.15, 0.2) is 8.26 Å². The predicted octanol–water partition coefficient (Wildman–Crippen LogP) is 3.12. The number of carbonyl (C=O) groups is 2. The summed E-state index contributed by atoms with van der Waals surface area (Å²) in [4.78, 5) is 21.5. The first-order valence-corrected chi connectivity index (χ1v) is 6.23. The molecule has 0 radical (unpaired) electrons. The molecule has 82 valence electrons. The van der Waals surface area contributed by atoms with E-state index in [4.69, 9.17) is 21.4 Å². The average molecular weight is 378 g/mol. The highest BCUT2D eigenvalue weighted by Gasteiger charge is 2.21. The zero-order valence-corrected chi connectivity index (χ0v) is 11.7. The van der Waals surface area contributed by atoms with Crippen molar-refractivity contribution in [2.45, 2.75) is 0 Å². The van der Waals surface area contributed by atoms with Gasteiger partial charge in [0, 0.05) is 0 Å². The number of rotatable bonds is 4. The van der Waals surface area contributed by atoms with Gasteiger partial charge in [0.15, 0.2) is 12.4 Å². The van der Waals surface area contributed by atoms with Crippen molar-refractivity contribution in [3.05, 3.63) is 13.1 Å². The minimum Gasteiger partial charge on any atom is -0.479 e. The zero-order valence-electron chi connectivity index (χ0n) is 6.92. The standard InChI is InChI=1S/C7H3Br2ClO4S/c8-3-4(14-1-2(11)12)5(7(10)13)15-6(3)9/h1H2,(H,11,12). The van der Waals surface area contributed by atoms with Crippen molar-refractivity contribution < 1.29 is 19.4 Å². The Morgan fingerprint density at radius 3 is 2.53 bits per heavy atom. The molecule has 4 nitrogen and oxygen atoms in total. The van der Waals surface area contributed by atoms with Gasteiger partial charge >= 0.3 is 5.97 Å². The summed E-state index contributed by atoms with van der Waals surface area (Å²) in [7, 11) is 0. The van der Waals surface area contributed by atoms with Crippen LogP contribution < -0.4 is 4.74 Å². The Morgan fingerprint density at radius 2 is 2.07 bits per heavy atom.